The Labute approximate surface area is 175 Å². The summed E-state index contributed by atoms with van der Waals surface area (Å²) >= 11 is 0. The molecular formula is C22H23N3O4S. The van der Waals surface area contributed by atoms with Gasteiger partial charge in [0.2, 0.25) is 5.91 Å². The molecule has 3 rings (SSSR count). The van der Waals surface area contributed by atoms with E-state index in [1.165, 1.54) is 27.7 Å². The second kappa shape index (κ2) is 8.96. The topological polar surface area (TPSA) is 88.5 Å². The van der Waals surface area contributed by atoms with Crippen molar-refractivity contribution in [3.63, 3.8) is 0 Å². The number of sulfonamides is 1. The van der Waals surface area contributed by atoms with Crippen LogP contribution in [0.3, 0.4) is 0 Å². The fraction of sp³-hybridized carbons (Fsp3) is 0.182. The van der Waals surface area contributed by atoms with E-state index >= 15 is 0 Å². The van der Waals surface area contributed by atoms with Gasteiger partial charge in [-0.25, -0.2) is 8.42 Å². The molecule has 0 unspecified atom stereocenters. The number of hydrogen-bond donors (Lipinski definition) is 1. The summed E-state index contributed by atoms with van der Waals surface area (Å²) in [5, 5.41) is 0. The molecule has 2 aromatic carbocycles. The normalized spacial score (nSPS) is 11.1. The second-order valence-electron chi connectivity index (χ2n) is 6.93. The van der Waals surface area contributed by atoms with Crippen molar-refractivity contribution in [2.45, 2.75) is 24.9 Å². The number of amides is 1. The molecule has 1 amide bonds. The average molecular weight is 426 g/mol. The highest BCUT2D eigenvalue weighted by molar-refractivity contribution is 7.92. The number of anilines is 1. The number of benzene rings is 2. The Morgan fingerprint density at radius 2 is 1.57 bits per heavy atom. The molecule has 0 saturated heterocycles. The molecule has 0 atom stereocenters. The Balaban J connectivity index is 1.81. The van der Waals surface area contributed by atoms with E-state index in [0.717, 1.165) is 5.56 Å². The van der Waals surface area contributed by atoms with Gasteiger partial charge in [-0.05, 0) is 36.8 Å². The van der Waals surface area contributed by atoms with E-state index in [1.807, 2.05) is 30.3 Å². The van der Waals surface area contributed by atoms with Crippen LogP contribution in [0.5, 0.6) is 0 Å². The number of carbonyl (C=O) groups is 1. The molecule has 1 aromatic heterocycles. The molecule has 0 bridgehead atoms. The molecular weight excluding hydrogens is 402 g/mol. The molecule has 0 aliphatic heterocycles. The summed E-state index contributed by atoms with van der Waals surface area (Å²) in [6.07, 6.45) is 0. The summed E-state index contributed by atoms with van der Waals surface area (Å²) in [5.41, 5.74) is 0.852. The zero-order valence-corrected chi connectivity index (χ0v) is 17.6. The molecule has 0 spiro atoms. The van der Waals surface area contributed by atoms with E-state index in [-0.39, 0.29) is 23.0 Å². The Kier molecular flexibility index (Phi) is 6.37. The fourth-order valence-electron chi connectivity index (χ4n) is 2.95. The van der Waals surface area contributed by atoms with Gasteiger partial charge in [-0.15, -0.1) is 0 Å². The molecule has 3 aromatic rings. The fourth-order valence-corrected chi connectivity index (χ4v) is 4.03. The number of pyridine rings is 1. The number of carbonyl (C=O) groups excluding carboxylic acids is 1. The van der Waals surface area contributed by atoms with Gasteiger partial charge in [0.1, 0.15) is 12.2 Å². The van der Waals surface area contributed by atoms with Crippen molar-refractivity contribution in [3.05, 3.63) is 94.4 Å². The van der Waals surface area contributed by atoms with Crippen molar-refractivity contribution in [2.24, 2.45) is 0 Å². The number of aryl methyl sites for hydroxylation is 1. The largest absolute Gasteiger partial charge is 0.340 e. The molecule has 7 nitrogen and oxygen atoms in total. The first-order valence-electron chi connectivity index (χ1n) is 9.34. The Morgan fingerprint density at radius 3 is 2.20 bits per heavy atom. The SMILES string of the molecule is Cc1ccc(NS(=O)(=O)c2ccccc2)c(=O)n1CC(=O)N(C)Cc1ccccc1. The molecule has 8 heteroatoms. The highest BCUT2D eigenvalue weighted by atomic mass is 32.2. The van der Waals surface area contributed by atoms with Gasteiger partial charge in [0.05, 0.1) is 4.90 Å². The van der Waals surface area contributed by atoms with Crippen LogP contribution in [0.15, 0.2) is 82.5 Å². The molecule has 156 valence electrons. The van der Waals surface area contributed by atoms with E-state index in [4.69, 9.17) is 0 Å². The quantitative estimate of drug-likeness (QED) is 0.630. The number of likely N-dealkylation sites (N-methyl/N-ethyl adjacent to an activating group) is 1. The predicted molar refractivity (Wildman–Crippen MR) is 116 cm³/mol. The van der Waals surface area contributed by atoms with Crippen LogP contribution >= 0.6 is 0 Å². The molecule has 30 heavy (non-hydrogen) atoms. The van der Waals surface area contributed by atoms with Crippen molar-refractivity contribution >= 4 is 21.6 Å². The first kappa shape index (κ1) is 21.3. The standard InChI is InChI=1S/C22H23N3O4S/c1-17-13-14-20(23-30(28,29)19-11-7-4-8-12-19)22(27)25(17)16-21(26)24(2)15-18-9-5-3-6-10-18/h3-14,23H,15-16H2,1-2H3. The van der Waals surface area contributed by atoms with Crippen molar-refractivity contribution < 1.29 is 13.2 Å². The first-order chi connectivity index (χ1) is 14.3. The third-order valence-corrected chi connectivity index (χ3v) is 6.05. The maximum absolute atomic E-state index is 12.9. The van der Waals surface area contributed by atoms with Crippen LogP contribution < -0.4 is 10.3 Å². The summed E-state index contributed by atoms with van der Waals surface area (Å²) in [6.45, 7) is 1.92. The van der Waals surface area contributed by atoms with E-state index < -0.39 is 15.6 Å². The smallest absolute Gasteiger partial charge is 0.275 e. The highest BCUT2D eigenvalue weighted by Gasteiger charge is 2.18. The third kappa shape index (κ3) is 4.96. The number of nitrogens with zero attached hydrogens (tertiary/aromatic N) is 2. The van der Waals surface area contributed by atoms with Crippen molar-refractivity contribution in [1.29, 1.82) is 0 Å². The van der Waals surface area contributed by atoms with Gasteiger partial charge in [0.15, 0.2) is 0 Å². The summed E-state index contributed by atoms with van der Waals surface area (Å²) in [7, 11) is -2.25. The van der Waals surface area contributed by atoms with Crippen LogP contribution in [0.2, 0.25) is 0 Å². The Bertz CT molecular complexity index is 1190. The zero-order valence-electron chi connectivity index (χ0n) is 16.8. The summed E-state index contributed by atoms with van der Waals surface area (Å²) in [5.74, 6) is -0.257. The number of nitrogens with one attached hydrogen (secondary N) is 1. The third-order valence-electron chi connectivity index (χ3n) is 4.67. The predicted octanol–water partition coefficient (Wildman–Crippen LogP) is 2.62. The van der Waals surface area contributed by atoms with E-state index in [0.29, 0.717) is 12.2 Å². The van der Waals surface area contributed by atoms with Crippen molar-refractivity contribution in [3.8, 4) is 0 Å². The van der Waals surface area contributed by atoms with Gasteiger partial charge in [0.25, 0.3) is 15.6 Å². The number of rotatable bonds is 7. The molecule has 0 radical (unpaired) electrons. The first-order valence-corrected chi connectivity index (χ1v) is 10.8. The lowest BCUT2D eigenvalue weighted by Crippen LogP contribution is -2.35. The molecule has 1 heterocycles. The van der Waals surface area contributed by atoms with Gasteiger partial charge in [0, 0.05) is 19.3 Å². The lowest BCUT2D eigenvalue weighted by atomic mass is 10.2. The van der Waals surface area contributed by atoms with Crippen LogP contribution in [-0.2, 0) is 27.9 Å². The van der Waals surface area contributed by atoms with E-state index in [2.05, 4.69) is 4.72 Å². The second-order valence-corrected chi connectivity index (χ2v) is 8.62. The maximum Gasteiger partial charge on any atom is 0.275 e. The van der Waals surface area contributed by atoms with E-state index in [9.17, 15) is 18.0 Å². The minimum atomic E-state index is -3.91. The summed E-state index contributed by atoms with van der Waals surface area (Å²) < 4.78 is 28.7. The van der Waals surface area contributed by atoms with Crippen LogP contribution in [0.1, 0.15) is 11.3 Å². The van der Waals surface area contributed by atoms with Gasteiger partial charge in [-0.3, -0.25) is 14.3 Å². The van der Waals surface area contributed by atoms with Crippen LogP contribution in [0, 0.1) is 6.92 Å². The van der Waals surface area contributed by atoms with Crippen LogP contribution in [0.4, 0.5) is 5.69 Å². The zero-order chi connectivity index (χ0) is 21.7. The maximum atomic E-state index is 12.9. The monoisotopic (exact) mass is 425 g/mol. The highest BCUT2D eigenvalue weighted by Crippen LogP contribution is 2.13. The lowest BCUT2D eigenvalue weighted by Gasteiger charge is -2.19. The summed E-state index contributed by atoms with van der Waals surface area (Å²) in [6, 6.07) is 20.3. The van der Waals surface area contributed by atoms with Crippen molar-refractivity contribution in [2.75, 3.05) is 11.8 Å². The number of aromatic nitrogens is 1. The molecule has 0 aliphatic rings. The number of hydrogen-bond acceptors (Lipinski definition) is 4. The average Bonchev–Trinajstić information content (AvgIpc) is 2.74. The molecule has 0 fully saturated rings. The Hall–Kier alpha value is -3.39. The van der Waals surface area contributed by atoms with Gasteiger partial charge in [-0.2, -0.15) is 0 Å². The van der Waals surface area contributed by atoms with Gasteiger partial charge in [-0.1, -0.05) is 48.5 Å². The minimum absolute atomic E-state index is 0.0511. The van der Waals surface area contributed by atoms with Crippen LogP contribution in [0.25, 0.3) is 0 Å². The molecule has 0 saturated carbocycles. The lowest BCUT2D eigenvalue weighted by molar-refractivity contribution is -0.131. The molecule has 0 aliphatic carbocycles. The van der Waals surface area contributed by atoms with Crippen molar-refractivity contribution in [1.82, 2.24) is 9.47 Å². The minimum Gasteiger partial charge on any atom is -0.340 e. The summed E-state index contributed by atoms with van der Waals surface area (Å²) in [4.78, 5) is 27.1. The van der Waals surface area contributed by atoms with Gasteiger partial charge < -0.3 is 9.47 Å². The van der Waals surface area contributed by atoms with Gasteiger partial charge >= 0.3 is 0 Å². The Morgan fingerprint density at radius 1 is 0.967 bits per heavy atom. The molecule has 1 N–H and O–H groups in total. The van der Waals surface area contributed by atoms with Crippen LogP contribution in [-0.4, -0.2) is 30.8 Å². The van der Waals surface area contributed by atoms with E-state index in [1.54, 1.807) is 38.2 Å².